The Bertz CT molecular complexity index is 529. The third-order valence-corrected chi connectivity index (χ3v) is 3.21. The predicted octanol–water partition coefficient (Wildman–Crippen LogP) is 4.24. The van der Waals surface area contributed by atoms with Crippen LogP contribution in [0, 0.1) is 5.82 Å². The van der Waals surface area contributed by atoms with E-state index in [-0.39, 0.29) is 11.9 Å². The Morgan fingerprint density at radius 1 is 1.29 bits per heavy atom. The molecule has 114 valence electrons. The lowest BCUT2D eigenvalue weighted by Crippen LogP contribution is -2.40. The highest BCUT2D eigenvalue weighted by molar-refractivity contribution is 5.69. The van der Waals surface area contributed by atoms with Crippen molar-refractivity contribution in [1.82, 2.24) is 4.90 Å². The Labute approximate surface area is 125 Å². The fourth-order valence-corrected chi connectivity index (χ4v) is 2.30. The van der Waals surface area contributed by atoms with Gasteiger partial charge in [-0.1, -0.05) is 23.8 Å². The van der Waals surface area contributed by atoms with Gasteiger partial charge in [-0.2, -0.15) is 0 Å². The molecule has 1 saturated heterocycles. The van der Waals surface area contributed by atoms with Crippen LogP contribution in [0.15, 0.2) is 29.8 Å². The molecule has 0 atom stereocenters. The van der Waals surface area contributed by atoms with E-state index in [1.807, 2.05) is 26.8 Å². The molecule has 0 unspecified atom stereocenters. The Kier molecular flexibility index (Phi) is 4.66. The highest BCUT2D eigenvalue weighted by Crippen LogP contribution is 2.21. The fourth-order valence-electron chi connectivity index (χ4n) is 2.30. The molecule has 1 aromatic carbocycles. The van der Waals surface area contributed by atoms with Gasteiger partial charge in [0.15, 0.2) is 0 Å². The van der Waals surface area contributed by atoms with E-state index >= 15 is 0 Å². The van der Waals surface area contributed by atoms with E-state index in [4.69, 9.17) is 4.74 Å². The van der Waals surface area contributed by atoms with Gasteiger partial charge in [0.2, 0.25) is 0 Å². The molecule has 4 heteroatoms. The van der Waals surface area contributed by atoms with Crippen LogP contribution in [0.25, 0.3) is 6.08 Å². The van der Waals surface area contributed by atoms with E-state index < -0.39 is 5.60 Å². The molecular weight excluding hydrogens is 269 g/mol. The highest BCUT2D eigenvalue weighted by Gasteiger charge is 2.24. The number of rotatable bonds is 1. The van der Waals surface area contributed by atoms with Crippen LogP contribution in [0.2, 0.25) is 0 Å². The average Bonchev–Trinajstić information content (AvgIpc) is 2.40. The summed E-state index contributed by atoms with van der Waals surface area (Å²) in [6.45, 7) is 6.89. The van der Waals surface area contributed by atoms with Gasteiger partial charge in [0.05, 0.1) is 0 Å². The molecule has 0 radical (unpaired) electrons. The maximum Gasteiger partial charge on any atom is 0.410 e. The summed E-state index contributed by atoms with van der Waals surface area (Å²) in [6, 6.07) is 6.38. The highest BCUT2D eigenvalue weighted by atomic mass is 19.1. The van der Waals surface area contributed by atoms with Gasteiger partial charge in [0, 0.05) is 13.1 Å². The standard InChI is InChI=1S/C17H22FNO2/c1-17(2,3)21-16(20)19-10-4-5-14(12-19)11-13-6-8-15(18)9-7-13/h6-9,11H,4-5,10,12H2,1-3H3. The maximum absolute atomic E-state index is 12.9. The van der Waals surface area contributed by atoms with Gasteiger partial charge in [-0.15, -0.1) is 0 Å². The van der Waals surface area contributed by atoms with E-state index in [1.165, 1.54) is 17.7 Å². The average molecular weight is 291 g/mol. The summed E-state index contributed by atoms with van der Waals surface area (Å²) in [5.74, 6) is -0.240. The first-order chi connectivity index (χ1) is 9.83. The largest absolute Gasteiger partial charge is 0.444 e. The molecule has 1 aliphatic heterocycles. The Balaban J connectivity index is 2.03. The number of benzene rings is 1. The molecule has 0 spiro atoms. The van der Waals surface area contributed by atoms with Crippen molar-refractivity contribution >= 4 is 12.2 Å². The van der Waals surface area contributed by atoms with Crippen LogP contribution in [0.1, 0.15) is 39.2 Å². The van der Waals surface area contributed by atoms with Gasteiger partial charge in [0.1, 0.15) is 11.4 Å². The molecule has 0 N–H and O–H groups in total. The quantitative estimate of drug-likeness (QED) is 0.774. The first-order valence-corrected chi connectivity index (χ1v) is 7.26. The lowest BCUT2D eigenvalue weighted by Gasteiger charge is -2.31. The van der Waals surface area contributed by atoms with E-state index in [0.717, 1.165) is 24.9 Å². The summed E-state index contributed by atoms with van der Waals surface area (Å²) in [5.41, 5.74) is 1.64. The number of carbonyl (C=O) groups is 1. The molecule has 21 heavy (non-hydrogen) atoms. The summed E-state index contributed by atoms with van der Waals surface area (Å²) in [6.07, 6.45) is 3.63. The minimum Gasteiger partial charge on any atom is -0.444 e. The maximum atomic E-state index is 12.9. The summed E-state index contributed by atoms with van der Waals surface area (Å²) in [4.78, 5) is 13.8. The van der Waals surface area contributed by atoms with Crippen molar-refractivity contribution in [3.8, 4) is 0 Å². The molecule has 1 amide bonds. The molecule has 0 aromatic heterocycles. The zero-order chi connectivity index (χ0) is 15.5. The summed E-state index contributed by atoms with van der Waals surface area (Å²) in [5, 5.41) is 0. The van der Waals surface area contributed by atoms with Crippen LogP contribution in [-0.2, 0) is 4.74 Å². The number of amides is 1. The first kappa shape index (κ1) is 15.5. The van der Waals surface area contributed by atoms with Crippen LogP contribution >= 0.6 is 0 Å². The molecule has 1 aromatic rings. The van der Waals surface area contributed by atoms with Crippen molar-refractivity contribution in [3.63, 3.8) is 0 Å². The van der Waals surface area contributed by atoms with Gasteiger partial charge >= 0.3 is 6.09 Å². The molecule has 0 saturated carbocycles. The second kappa shape index (κ2) is 6.29. The fraction of sp³-hybridized carbons (Fsp3) is 0.471. The number of nitrogens with zero attached hydrogens (tertiary/aromatic N) is 1. The van der Waals surface area contributed by atoms with Crippen LogP contribution in [0.5, 0.6) is 0 Å². The summed E-state index contributed by atoms with van der Waals surface area (Å²) in [7, 11) is 0. The lowest BCUT2D eigenvalue weighted by atomic mass is 10.0. The molecule has 1 fully saturated rings. The number of halogens is 1. The predicted molar refractivity (Wildman–Crippen MR) is 81.4 cm³/mol. The zero-order valence-corrected chi connectivity index (χ0v) is 12.9. The first-order valence-electron chi connectivity index (χ1n) is 7.26. The van der Waals surface area contributed by atoms with Crippen LogP contribution in [-0.4, -0.2) is 29.7 Å². The van der Waals surface area contributed by atoms with Crippen molar-refractivity contribution in [2.75, 3.05) is 13.1 Å². The number of hydrogen-bond donors (Lipinski definition) is 0. The van der Waals surface area contributed by atoms with Crippen LogP contribution < -0.4 is 0 Å². The third kappa shape index (κ3) is 4.88. The molecule has 0 bridgehead atoms. The van der Waals surface area contributed by atoms with Crippen molar-refractivity contribution in [3.05, 3.63) is 41.2 Å². The Morgan fingerprint density at radius 2 is 1.95 bits per heavy atom. The van der Waals surface area contributed by atoms with Gasteiger partial charge < -0.3 is 9.64 Å². The van der Waals surface area contributed by atoms with Gasteiger partial charge in [0.25, 0.3) is 0 Å². The molecule has 2 rings (SSSR count). The van der Waals surface area contributed by atoms with Crippen molar-refractivity contribution in [2.24, 2.45) is 0 Å². The summed E-state index contributed by atoms with van der Waals surface area (Å²) >= 11 is 0. The number of hydrogen-bond acceptors (Lipinski definition) is 2. The normalized spacial score (nSPS) is 17.9. The molecule has 0 aliphatic carbocycles. The lowest BCUT2D eigenvalue weighted by molar-refractivity contribution is 0.0247. The van der Waals surface area contributed by atoms with Gasteiger partial charge in [-0.25, -0.2) is 9.18 Å². The third-order valence-electron chi connectivity index (χ3n) is 3.21. The smallest absolute Gasteiger partial charge is 0.410 e. The van der Waals surface area contributed by atoms with Gasteiger partial charge in [-0.3, -0.25) is 0 Å². The molecule has 1 aliphatic rings. The number of piperidine rings is 1. The second-order valence-corrected chi connectivity index (χ2v) is 6.36. The monoisotopic (exact) mass is 291 g/mol. The van der Waals surface area contributed by atoms with Crippen molar-refractivity contribution in [2.45, 2.75) is 39.2 Å². The SMILES string of the molecule is CC(C)(C)OC(=O)N1CCCC(=Cc2ccc(F)cc2)C1. The van der Waals surface area contributed by atoms with E-state index in [0.29, 0.717) is 6.54 Å². The number of carbonyl (C=O) groups excluding carboxylic acids is 1. The number of likely N-dealkylation sites (tertiary alicyclic amines) is 1. The van der Waals surface area contributed by atoms with Crippen LogP contribution in [0.3, 0.4) is 0 Å². The molecule has 1 heterocycles. The van der Waals surface area contributed by atoms with E-state index in [1.54, 1.807) is 17.0 Å². The summed E-state index contributed by atoms with van der Waals surface area (Å²) < 4.78 is 18.3. The van der Waals surface area contributed by atoms with E-state index in [2.05, 4.69) is 0 Å². The molecular formula is C17H22FNO2. The van der Waals surface area contributed by atoms with E-state index in [9.17, 15) is 9.18 Å². The number of ether oxygens (including phenoxy) is 1. The van der Waals surface area contributed by atoms with Crippen LogP contribution in [0.4, 0.5) is 9.18 Å². The minimum absolute atomic E-state index is 0.240. The second-order valence-electron chi connectivity index (χ2n) is 6.36. The Morgan fingerprint density at radius 3 is 2.57 bits per heavy atom. The van der Waals surface area contributed by atoms with Gasteiger partial charge in [-0.05, 0) is 51.3 Å². The zero-order valence-electron chi connectivity index (χ0n) is 12.9. The topological polar surface area (TPSA) is 29.5 Å². The minimum atomic E-state index is -0.477. The molecule has 3 nitrogen and oxygen atoms in total. The van der Waals surface area contributed by atoms with Crippen molar-refractivity contribution < 1.29 is 13.9 Å². The Hall–Kier alpha value is -1.84. The van der Waals surface area contributed by atoms with Crippen molar-refractivity contribution in [1.29, 1.82) is 0 Å².